The minimum atomic E-state index is -0.739. The number of benzene rings is 1. The fraction of sp³-hybridized carbons (Fsp3) is 0.375. The van der Waals surface area contributed by atoms with Crippen LogP contribution in [0.15, 0.2) is 30.5 Å². The molecule has 2 N–H and O–H groups in total. The van der Waals surface area contributed by atoms with E-state index < -0.39 is 22.9 Å². The summed E-state index contributed by atoms with van der Waals surface area (Å²) in [5, 5.41) is 3.19. The van der Waals surface area contributed by atoms with Gasteiger partial charge in [-0.2, -0.15) is 0 Å². The zero-order valence-electron chi connectivity index (χ0n) is 12.8. The second-order valence-corrected chi connectivity index (χ2v) is 6.54. The molecule has 0 aliphatic heterocycles. The topological polar surface area (TPSA) is 71.2 Å². The molecule has 22 heavy (non-hydrogen) atoms. The van der Waals surface area contributed by atoms with Crippen LogP contribution in [-0.4, -0.2) is 27.8 Å². The van der Waals surface area contributed by atoms with Crippen molar-refractivity contribution in [2.24, 2.45) is 0 Å². The Bertz CT molecular complexity index is 688. The largest absolute Gasteiger partial charge is 0.444 e. The minimum absolute atomic E-state index is 0.353. The van der Waals surface area contributed by atoms with Gasteiger partial charge in [0.2, 0.25) is 5.12 Å². The molecule has 0 aliphatic rings. The van der Waals surface area contributed by atoms with Crippen LogP contribution in [0, 0.1) is 0 Å². The molecule has 1 heterocycles. The van der Waals surface area contributed by atoms with Crippen LogP contribution in [0.4, 0.5) is 4.79 Å². The van der Waals surface area contributed by atoms with E-state index in [1.807, 2.05) is 30.5 Å². The number of amides is 1. The number of nitrogens with one attached hydrogen (secondary N) is 2. The maximum absolute atomic E-state index is 11.8. The van der Waals surface area contributed by atoms with Crippen molar-refractivity contribution in [3.63, 3.8) is 0 Å². The van der Waals surface area contributed by atoms with Gasteiger partial charge in [0.15, 0.2) is 0 Å². The number of fused-ring (bicyclic) bond motifs is 1. The highest BCUT2D eigenvalue weighted by Gasteiger charge is 2.23. The Hall–Kier alpha value is -1.95. The third-order valence-electron chi connectivity index (χ3n) is 3.09. The molecular weight excluding hydrogens is 300 g/mol. The van der Waals surface area contributed by atoms with Crippen LogP contribution >= 0.6 is 12.6 Å². The number of H-pyrrole nitrogens is 1. The molecule has 6 heteroatoms. The predicted octanol–water partition coefficient (Wildman–Crippen LogP) is 3.06. The maximum atomic E-state index is 11.8. The highest BCUT2D eigenvalue weighted by molar-refractivity contribution is 7.96. The monoisotopic (exact) mass is 320 g/mol. The first-order valence-electron chi connectivity index (χ1n) is 7.03. The van der Waals surface area contributed by atoms with E-state index in [1.165, 1.54) is 0 Å². The molecule has 1 unspecified atom stereocenters. The number of alkyl carbamates (subject to hydrolysis) is 1. The van der Waals surface area contributed by atoms with Gasteiger partial charge in [-0.15, -0.1) is 12.6 Å². The molecule has 0 aliphatic carbocycles. The highest BCUT2D eigenvalue weighted by atomic mass is 32.1. The summed E-state index contributed by atoms with van der Waals surface area (Å²) in [7, 11) is 0. The minimum Gasteiger partial charge on any atom is -0.444 e. The molecule has 2 aromatic rings. The molecule has 1 amide bonds. The van der Waals surface area contributed by atoms with Crippen molar-refractivity contribution in [2.45, 2.75) is 38.8 Å². The smallest absolute Gasteiger partial charge is 0.408 e. The Labute approximate surface area is 134 Å². The van der Waals surface area contributed by atoms with Crippen molar-refractivity contribution in [3.05, 3.63) is 36.0 Å². The number of aromatic amines is 1. The molecule has 0 radical (unpaired) electrons. The Morgan fingerprint density at radius 3 is 2.64 bits per heavy atom. The molecule has 118 valence electrons. The Kier molecular flexibility index (Phi) is 4.81. The summed E-state index contributed by atoms with van der Waals surface area (Å²) in [6.45, 7) is 5.30. The van der Waals surface area contributed by atoms with Gasteiger partial charge < -0.3 is 15.0 Å². The number of hydrogen-bond acceptors (Lipinski definition) is 3. The lowest BCUT2D eigenvalue weighted by atomic mass is 10.1. The van der Waals surface area contributed by atoms with E-state index in [1.54, 1.807) is 20.8 Å². The molecule has 0 fully saturated rings. The van der Waals surface area contributed by atoms with Crippen molar-refractivity contribution < 1.29 is 14.3 Å². The van der Waals surface area contributed by atoms with Gasteiger partial charge in [-0.3, -0.25) is 4.79 Å². The number of thiol groups is 1. The number of carbonyl (C=O) groups is 2. The lowest BCUT2D eigenvalue weighted by molar-refractivity contribution is -0.112. The molecule has 0 bridgehead atoms. The molecule has 2 rings (SSSR count). The summed E-state index contributed by atoms with van der Waals surface area (Å²) in [4.78, 5) is 26.7. The average Bonchev–Trinajstić information content (AvgIpc) is 2.79. The fourth-order valence-corrected chi connectivity index (χ4v) is 2.33. The van der Waals surface area contributed by atoms with Gasteiger partial charge >= 0.3 is 6.09 Å². The SMILES string of the molecule is CC(C)(C)OC(=O)NC(Cc1c[nH]c2ccccc12)C(=O)S. The zero-order valence-corrected chi connectivity index (χ0v) is 13.7. The van der Waals surface area contributed by atoms with Gasteiger partial charge in [-0.1, -0.05) is 18.2 Å². The first-order valence-corrected chi connectivity index (χ1v) is 7.48. The van der Waals surface area contributed by atoms with E-state index in [9.17, 15) is 9.59 Å². The number of rotatable bonds is 4. The lowest BCUT2D eigenvalue weighted by Crippen LogP contribution is -2.43. The van der Waals surface area contributed by atoms with E-state index in [0.717, 1.165) is 16.5 Å². The van der Waals surface area contributed by atoms with E-state index >= 15 is 0 Å². The Morgan fingerprint density at radius 1 is 1.32 bits per heavy atom. The van der Waals surface area contributed by atoms with E-state index in [-0.39, 0.29) is 0 Å². The average molecular weight is 320 g/mol. The second kappa shape index (κ2) is 6.44. The molecule has 1 atom stereocenters. The normalized spacial score (nSPS) is 12.9. The van der Waals surface area contributed by atoms with Crippen LogP contribution < -0.4 is 5.32 Å². The maximum Gasteiger partial charge on any atom is 0.408 e. The summed E-state index contributed by atoms with van der Waals surface area (Å²) in [5.74, 6) is 0. The first-order chi connectivity index (χ1) is 10.3. The number of hydrogen-bond donors (Lipinski definition) is 3. The summed E-state index contributed by atoms with van der Waals surface area (Å²) in [5.41, 5.74) is 1.31. The molecule has 0 saturated carbocycles. The van der Waals surface area contributed by atoms with E-state index in [2.05, 4.69) is 22.9 Å². The third kappa shape index (κ3) is 4.27. The van der Waals surface area contributed by atoms with Crippen LogP contribution in [0.25, 0.3) is 10.9 Å². The second-order valence-electron chi connectivity index (χ2n) is 6.10. The Morgan fingerprint density at radius 2 is 2.00 bits per heavy atom. The lowest BCUT2D eigenvalue weighted by Gasteiger charge is -2.22. The highest BCUT2D eigenvalue weighted by Crippen LogP contribution is 2.19. The van der Waals surface area contributed by atoms with Gasteiger partial charge in [-0.05, 0) is 32.4 Å². The number of para-hydroxylation sites is 1. The van der Waals surface area contributed by atoms with Gasteiger partial charge in [0.25, 0.3) is 0 Å². The molecular formula is C16H20N2O3S. The summed E-state index contributed by atoms with van der Waals surface area (Å²) < 4.78 is 5.18. The summed E-state index contributed by atoms with van der Waals surface area (Å²) in [6.07, 6.45) is 1.57. The van der Waals surface area contributed by atoms with Crippen LogP contribution in [0.3, 0.4) is 0 Å². The van der Waals surface area contributed by atoms with Crippen LogP contribution in [0.1, 0.15) is 26.3 Å². The quantitative estimate of drug-likeness (QED) is 0.758. The van der Waals surface area contributed by atoms with Crippen molar-refractivity contribution in [2.75, 3.05) is 0 Å². The summed E-state index contributed by atoms with van der Waals surface area (Å²) in [6, 6.07) is 7.05. The molecule has 1 aromatic carbocycles. The molecule has 0 spiro atoms. The molecule has 5 nitrogen and oxygen atoms in total. The van der Waals surface area contributed by atoms with Gasteiger partial charge in [0.05, 0.1) is 0 Å². The van der Waals surface area contributed by atoms with Gasteiger partial charge in [0.1, 0.15) is 11.6 Å². The van der Waals surface area contributed by atoms with Crippen LogP contribution in [0.2, 0.25) is 0 Å². The molecule has 0 saturated heterocycles. The van der Waals surface area contributed by atoms with Crippen LogP contribution in [-0.2, 0) is 16.0 Å². The van der Waals surface area contributed by atoms with Crippen molar-refractivity contribution in [1.82, 2.24) is 10.3 Å². The fourth-order valence-electron chi connectivity index (χ4n) is 2.17. The number of carbonyl (C=O) groups excluding carboxylic acids is 2. The van der Waals surface area contributed by atoms with E-state index in [4.69, 9.17) is 4.74 Å². The molecule has 1 aromatic heterocycles. The van der Waals surface area contributed by atoms with Crippen molar-refractivity contribution in [3.8, 4) is 0 Å². The van der Waals surface area contributed by atoms with Crippen LogP contribution in [0.5, 0.6) is 0 Å². The first kappa shape index (κ1) is 16.4. The standard InChI is InChI=1S/C16H20N2O3S/c1-16(2,3)21-15(20)18-13(14(19)22)8-10-9-17-12-7-5-4-6-11(10)12/h4-7,9,13,17H,8H2,1-3H3,(H,18,20)(H,19,22). The van der Waals surface area contributed by atoms with E-state index in [0.29, 0.717) is 6.42 Å². The Balaban J connectivity index is 2.12. The summed E-state index contributed by atoms with van der Waals surface area (Å²) >= 11 is 3.87. The number of ether oxygens (including phenoxy) is 1. The van der Waals surface area contributed by atoms with Gasteiger partial charge in [-0.25, -0.2) is 4.79 Å². The van der Waals surface area contributed by atoms with Crippen molar-refractivity contribution >= 4 is 34.7 Å². The third-order valence-corrected chi connectivity index (χ3v) is 3.40. The number of aromatic nitrogens is 1. The zero-order chi connectivity index (χ0) is 16.3. The predicted molar refractivity (Wildman–Crippen MR) is 89.2 cm³/mol. The van der Waals surface area contributed by atoms with Gasteiger partial charge in [0, 0.05) is 23.5 Å². The van der Waals surface area contributed by atoms with Crippen molar-refractivity contribution in [1.29, 1.82) is 0 Å².